The van der Waals surface area contributed by atoms with E-state index in [1.165, 1.54) is 0 Å². The molecule has 0 saturated heterocycles. The van der Waals surface area contributed by atoms with Crippen molar-refractivity contribution in [2.75, 3.05) is 0 Å². The lowest BCUT2D eigenvalue weighted by Crippen LogP contribution is -1.97. The first-order valence-electron chi connectivity index (χ1n) is 7.88. The highest BCUT2D eigenvalue weighted by Gasteiger charge is 2.16. The summed E-state index contributed by atoms with van der Waals surface area (Å²) in [4.78, 5) is 18.4. The van der Waals surface area contributed by atoms with Crippen molar-refractivity contribution in [2.45, 2.75) is 0 Å². The van der Waals surface area contributed by atoms with Gasteiger partial charge in [0.25, 0.3) is 0 Å². The third kappa shape index (κ3) is 1.84. The van der Waals surface area contributed by atoms with Gasteiger partial charge in [-0.25, -0.2) is 15.0 Å². The molecule has 0 spiro atoms. The molecular formula is C20H8N6. The Morgan fingerprint density at radius 2 is 1.38 bits per heavy atom. The summed E-state index contributed by atoms with van der Waals surface area (Å²) < 4.78 is 0. The number of hydrogen-bond donors (Lipinski definition) is 0. The number of nitrogens with zero attached hydrogens (tertiary/aromatic N) is 6. The zero-order chi connectivity index (χ0) is 17.7. The second kappa shape index (κ2) is 5.17. The maximum Gasteiger partial charge on any atom is 0.159 e. The number of hydrogen-bond acceptors (Lipinski definition) is 6. The Kier molecular flexibility index (Phi) is 2.82. The minimum absolute atomic E-state index is 0.0834. The maximum absolute atomic E-state index is 9.37. The van der Waals surface area contributed by atoms with Gasteiger partial charge in [-0.05, 0) is 30.3 Å². The second-order valence-electron chi connectivity index (χ2n) is 5.81. The molecular weight excluding hydrogens is 324 g/mol. The first kappa shape index (κ1) is 14.2. The molecule has 6 heteroatoms. The summed E-state index contributed by atoms with van der Waals surface area (Å²) >= 11 is 0. The van der Waals surface area contributed by atoms with Gasteiger partial charge in [-0.3, -0.25) is 4.98 Å². The maximum atomic E-state index is 9.37. The summed E-state index contributed by atoms with van der Waals surface area (Å²) in [6, 6.07) is 17.0. The van der Waals surface area contributed by atoms with Crippen molar-refractivity contribution < 1.29 is 0 Å². The van der Waals surface area contributed by atoms with Gasteiger partial charge in [-0.1, -0.05) is 12.1 Å². The van der Waals surface area contributed by atoms with Crippen LogP contribution in [0.5, 0.6) is 0 Å². The van der Waals surface area contributed by atoms with E-state index in [0.717, 1.165) is 16.4 Å². The standard InChI is InChI=1S/C20H8N6/c21-9-11-8-13-19(26-16(11)10-22)17-12(4-3-7-23-17)18-20(13)25-15-6-2-1-5-14(15)24-18/h1-8H. The number of para-hydroxylation sites is 2. The van der Waals surface area contributed by atoms with Gasteiger partial charge in [0, 0.05) is 17.0 Å². The Morgan fingerprint density at radius 3 is 2.08 bits per heavy atom. The lowest BCUT2D eigenvalue weighted by Gasteiger charge is -2.09. The number of aromatic nitrogens is 4. The summed E-state index contributed by atoms with van der Waals surface area (Å²) in [7, 11) is 0. The smallest absolute Gasteiger partial charge is 0.159 e. The van der Waals surface area contributed by atoms with Crippen molar-refractivity contribution in [3.63, 3.8) is 0 Å². The fourth-order valence-electron chi connectivity index (χ4n) is 3.21. The van der Waals surface area contributed by atoms with Gasteiger partial charge in [0.1, 0.15) is 17.7 Å². The Labute approximate surface area is 147 Å². The minimum atomic E-state index is 0.0834. The third-order valence-corrected chi connectivity index (χ3v) is 4.36. The fourth-order valence-corrected chi connectivity index (χ4v) is 3.21. The summed E-state index contributed by atoms with van der Waals surface area (Å²) in [5.41, 5.74) is 4.38. The predicted octanol–water partition coefficient (Wildman–Crippen LogP) is 3.62. The van der Waals surface area contributed by atoms with Crippen LogP contribution in [0.25, 0.3) is 43.9 Å². The predicted molar refractivity (Wildman–Crippen MR) is 97.1 cm³/mol. The van der Waals surface area contributed by atoms with E-state index in [-0.39, 0.29) is 11.3 Å². The van der Waals surface area contributed by atoms with Gasteiger partial charge in [-0.2, -0.15) is 10.5 Å². The topological polar surface area (TPSA) is 99.1 Å². The molecule has 0 N–H and O–H groups in total. The normalized spacial score (nSPS) is 11.0. The number of pyridine rings is 2. The van der Waals surface area contributed by atoms with E-state index in [0.29, 0.717) is 27.5 Å². The van der Waals surface area contributed by atoms with Gasteiger partial charge >= 0.3 is 0 Å². The van der Waals surface area contributed by atoms with E-state index in [1.54, 1.807) is 12.3 Å². The van der Waals surface area contributed by atoms with E-state index in [9.17, 15) is 10.5 Å². The summed E-state index contributed by atoms with van der Waals surface area (Å²) in [6.07, 6.45) is 1.67. The zero-order valence-electron chi connectivity index (χ0n) is 13.3. The van der Waals surface area contributed by atoms with Gasteiger partial charge in [0.15, 0.2) is 5.69 Å². The molecule has 5 rings (SSSR count). The molecule has 0 aliphatic carbocycles. The molecule has 26 heavy (non-hydrogen) atoms. The summed E-state index contributed by atoms with van der Waals surface area (Å²) in [5, 5.41) is 20.2. The first-order chi connectivity index (χ1) is 12.8. The van der Waals surface area contributed by atoms with E-state index in [2.05, 4.69) is 9.97 Å². The van der Waals surface area contributed by atoms with Gasteiger partial charge in [-0.15, -0.1) is 0 Å². The van der Waals surface area contributed by atoms with Crippen molar-refractivity contribution >= 4 is 43.9 Å². The van der Waals surface area contributed by atoms with Crippen LogP contribution in [0.4, 0.5) is 0 Å². The van der Waals surface area contributed by atoms with Crippen molar-refractivity contribution in [1.82, 2.24) is 19.9 Å². The molecule has 0 unspecified atom stereocenters. The number of rotatable bonds is 0. The van der Waals surface area contributed by atoms with Crippen molar-refractivity contribution in [2.24, 2.45) is 0 Å². The molecule has 5 aromatic rings. The number of nitriles is 2. The molecule has 0 saturated carbocycles. The lowest BCUT2D eigenvalue weighted by molar-refractivity contribution is 1.29. The Bertz CT molecular complexity index is 1460. The Hall–Kier alpha value is -4.16. The molecule has 2 aromatic carbocycles. The Balaban J connectivity index is 2.14. The van der Waals surface area contributed by atoms with Gasteiger partial charge < -0.3 is 0 Å². The lowest BCUT2D eigenvalue weighted by atomic mass is 10.0. The number of fused-ring (bicyclic) bond motifs is 7. The van der Waals surface area contributed by atoms with Gasteiger partial charge in [0.2, 0.25) is 0 Å². The van der Waals surface area contributed by atoms with Gasteiger partial charge in [0.05, 0.1) is 33.1 Å². The van der Waals surface area contributed by atoms with Crippen LogP contribution in [-0.2, 0) is 0 Å². The van der Waals surface area contributed by atoms with E-state index < -0.39 is 0 Å². The molecule has 0 atom stereocenters. The average molecular weight is 332 g/mol. The molecule has 0 bridgehead atoms. The highest BCUT2D eigenvalue weighted by Crippen LogP contribution is 2.32. The molecule has 118 valence electrons. The van der Waals surface area contributed by atoms with E-state index >= 15 is 0 Å². The second-order valence-corrected chi connectivity index (χ2v) is 5.81. The first-order valence-corrected chi connectivity index (χ1v) is 7.88. The largest absolute Gasteiger partial charge is 0.254 e. The highest BCUT2D eigenvalue weighted by atomic mass is 14.8. The molecule has 0 radical (unpaired) electrons. The molecule has 0 aliphatic heterocycles. The van der Waals surface area contributed by atoms with Crippen LogP contribution in [0.3, 0.4) is 0 Å². The minimum Gasteiger partial charge on any atom is -0.254 e. The quantitative estimate of drug-likeness (QED) is 0.317. The van der Waals surface area contributed by atoms with Crippen LogP contribution in [0.15, 0.2) is 48.7 Å². The average Bonchev–Trinajstić information content (AvgIpc) is 2.71. The van der Waals surface area contributed by atoms with E-state index in [4.69, 9.17) is 9.97 Å². The summed E-state index contributed by atoms with van der Waals surface area (Å²) in [5.74, 6) is 0. The SMILES string of the molecule is N#Cc1cc2c(nc1C#N)c1ncccc1c1nc3ccccc3nc21. The van der Waals surface area contributed by atoms with Crippen LogP contribution in [0.1, 0.15) is 11.3 Å². The van der Waals surface area contributed by atoms with Crippen molar-refractivity contribution in [1.29, 1.82) is 10.5 Å². The Morgan fingerprint density at radius 1 is 0.692 bits per heavy atom. The molecule has 0 fully saturated rings. The van der Waals surface area contributed by atoms with Crippen molar-refractivity contribution in [3.05, 3.63) is 59.9 Å². The fraction of sp³-hybridized carbons (Fsp3) is 0. The molecule has 6 nitrogen and oxygen atoms in total. The number of benzene rings is 2. The van der Waals surface area contributed by atoms with Crippen molar-refractivity contribution in [3.8, 4) is 12.1 Å². The van der Waals surface area contributed by atoms with E-state index in [1.807, 2.05) is 48.5 Å². The highest BCUT2D eigenvalue weighted by molar-refractivity contribution is 6.21. The molecule has 3 aromatic heterocycles. The van der Waals surface area contributed by atoms with Crippen LogP contribution in [0, 0.1) is 22.7 Å². The zero-order valence-corrected chi connectivity index (χ0v) is 13.3. The molecule has 0 aliphatic rings. The third-order valence-electron chi connectivity index (χ3n) is 4.36. The monoisotopic (exact) mass is 332 g/mol. The van der Waals surface area contributed by atoms with Crippen LogP contribution < -0.4 is 0 Å². The molecule has 0 amide bonds. The van der Waals surface area contributed by atoms with Crippen LogP contribution >= 0.6 is 0 Å². The van der Waals surface area contributed by atoms with Crippen LogP contribution in [0.2, 0.25) is 0 Å². The van der Waals surface area contributed by atoms with Crippen LogP contribution in [-0.4, -0.2) is 19.9 Å². The summed E-state index contributed by atoms with van der Waals surface area (Å²) in [6.45, 7) is 0. The molecule has 3 heterocycles.